The van der Waals surface area contributed by atoms with E-state index in [1.807, 2.05) is 12.3 Å². The minimum absolute atomic E-state index is 0.692. The maximum Gasteiger partial charge on any atom is 0.140 e. The van der Waals surface area contributed by atoms with E-state index in [2.05, 4.69) is 57.4 Å². The first-order valence-corrected chi connectivity index (χ1v) is 7.13. The molecule has 0 spiro atoms. The number of halogens is 1. The van der Waals surface area contributed by atoms with Crippen LogP contribution in [0.1, 0.15) is 16.7 Å². The maximum absolute atomic E-state index is 5.54. The predicted octanol–water partition coefficient (Wildman–Crippen LogP) is 3.27. The second kappa shape index (κ2) is 6.68. The summed E-state index contributed by atoms with van der Waals surface area (Å²) < 4.78 is 1.02. The van der Waals surface area contributed by atoms with E-state index in [4.69, 9.17) is 5.73 Å². The molecule has 3 nitrogen and oxygen atoms in total. The molecule has 1 aromatic carbocycles. The molecule has 0 aliphatic rings. The van der Waals surface area contributed by atoms with Crippen molar-refractivity contribution in [1.82, 2.24) is 4.98 Å². The largest absolute Gasteiger partial charge is 0.365 e. The molecular formula is C15H18BrN3. The van der Waals surface area contributed by atoms with Gasteiger partial charge in [-0.1, -0.05) is 24.3 Å². The van der Waals surface area contributed by atoms with E-state index in [9.17, 15) is 0 Å². The Hall–Kier alpha value is -1.39. The van der Waals surface area contributed by atoms with Gasteiger partial charge in [-0.05, 0) is 58.6 Å². The molecule has 0 fully saturated rings. The molecule has 2 aromatic rings. The van der Waals surface area contributed by atoms with Gasteiger partial charge in [0.1, 0.15) is 5.82 Å². The maximum atomic E-state index is 5.54. The van der Waals surface area contributed by atoms with Crippen LogP contribution in [0.3, 0.4) is 0 Å². The summed E-state index contributed by atoms with van der Waals surface area (Å²) in [6.45, 7) is 3.51. The molecule has 0 radical (unpaired) electrons. The van der Waals surface area contributed by atoms with E-state index >= 15 is 0 Å². The van der Waals surface area contributed by atoms with Gasteiger partial charge in [0.05, 0.1) is 4.47 Å². The number of aryl methyl sites for hydroxylation is 1. The topological polar surface area (TPSA) is 50.9 Å². The van der Waals surface area contributed by atoms with Gasteiger partial charge in [-0.3, -0.25) is 0 Å². The standard InChI is InChI=1S/C15H18BrN3/c1-11-7-9-18-15(14(11)16)19-10-13-4-2-12(3-5-13)6-8-17/h2-5,7,9H,6,8,10,17H2,1H3,(H,18,19). The van der Waals surface area contributed by atoms with Crippen molar-refractivity contribution in [3.8, 4) is 0 Å². The van der Waals surface area contributed by atoms with Gasteiger partial charge in [-0.25, -0.2) is 4.98 Å². The smallest absolute Gasteiger partial charge is 0.140 e. The van der Waals surface area contributed by atoms with Crippen LogP contribution in [0.15, 0.2) is 41.0 Å². The van der Waals surface area contributed by atoms with Gasteiger partial charge < -0.3 is 11.1 Å². The highest BCUT2D eigenvalue weighted by molar-refractivity contribution is 9.10. The monoisotopic (exact) mass is 319 g/mol. The number of rotatable bonds is 5. The number of nitrogens with one attached hydrogen (secondary N) is 1. The lowest BCUT2D eigenvalue weighted by Crippen LogP contribution is -2.04. The van der Waals surface area contributed by atoms with Crippen LogP contribution in [0.2, 0.25) is 0 Å². The zero-order valence-corrected chi connectivity index (χ0v) is 12.6. The van der Waals surface area contributed by atoms with Crippen molar-refractivity contribution >= 4 is 21.7 Å². The first kappa shape index (κ1) is 14.0. The minimum atomic E-state index is 0.692. The average Bonchev–Trinajstić information content (AvgIpc) is 2.42. The number of benzene rings is 1. The molecule has 0 atom stereocenters. The van der Waals surface area contributed by atoms with E-state index in [0.29, 0.717) is 6.54 Å². The van der Waals surface area contributed by atoms with E-state index in [1.54, 1.807) is 0 Å². The van der Waals surface area contributed by atoms with Crippen molar-refractivity contribution in [2.75, 3.05) is 11.9 Å². The molecule has 4 heteroatoms. The number of hydrogen-bond donors (Lipinski definition) is 2. The zero-order valence-electron chi connectivity index (χ0n) is 11.0. The van der Waals surface area contributed by atoms with Crippen LogP contribution in [-0.2, 0) is 13.0 Å². The molecule has 0 saturated heterocycles. The summed E-state index contributed by atoms with van der Waals surface area (Å²) >= 11 is 3.55. The van der Waals surface area contributed by atoms with Crippen molar-refractivity contribution in [2.24, 2.45) is 5.73 Å². The minimum Gasteiger partial charge on any atom is -0.365 e. The summed E-state index contributed by atoms with van der Waals surface area (Å²) in [4.78, 5) is 4.33. The number of anilines is 1. The molecule has 0 amide bonds. The lowest BCUT2D eigenvalue weighted by molar-refractivity contribution is 0.965. The zero-order chi connectivity index (χ0) is 13.7. The summed E-state index contributed by atoms with van der Waals surface area (Å²) in [6.07, 6.45) is 2.74. The lowest BCUT2D eigenvalue weighted by atomic mass is 10.1. The van der Waals surface area contributed by atoms with Crippen molar-refractivity contribution < 1.29 is 0 Å². The highest BCUT2D eigenvalue weighted by atomic mass is 79.9. The average molecular weight is 320 g/mol. The van der Waals surface area contributed by atoms with Gasteiger partial charge >= 0.3 is 0 Å². The molecule has 0 unspecified atom stereocenters. The number of hydrogen-bond acceptors (Lipinski definition) is 3. The van der Waals surface area contributed by atoms with E-state index in [-0.39, 0.29) is 0 Å². The Balaban J connectivity index is 2.00. The summed E-state index contributed by atoms with van der Waals surface area (Å²) in [5.74, 6) is 0.881. The van der Waals surface area contributed by atoms with Gasteiger partial charge in [0.25, 0.3) is 0 Å². The number of nitrogens with two attached hydrogens (primary N) is 1. The van der Waals surface area contributed by atoms with Crippen LogP contribution >= 0.6 is 15.9 Å². The molecule has 100 valence electrons. The van der Waals surface area contributed by atoms with Crippen LogP contribution in [0, 0.1) is 6.92 Å². The normalized spacial score (nSPS) is 10.5. The molecule has 2 rings (SSSR count). The predicted molar refractivity (Wildman–Crippen MR) is 83.2 cm³/mol. The molecule has 19 heavy (non-hydrogen) atoms. The van der Waals surface area contributed by atoms with Gasteiger partial charge in [0, 0.05) is 12.7 Å². The number of nitrogens with zero attached hydrogens (tertiary/aromatic N) is 1. The Bertz CT molecular complexity index is 538. The van der Waals surface area contributed by atoms with Crippen molar-refractivity contribution in [2.45, 2.75) is 19.9 Å². The van der Waals surface area contributed by atoms with Gasteiger partial charge in [0.15, 0.2) is 0 Å². The third-order valence-electron chi connectivity index (χ3n) is 3.00. The van der Waals surface area contributed by atoms with Gasteiger partial charge in [0.2, 0.25) is 0 Å². The highest BCUT2D eigenvalue weighted by Crippen LogP contribution is 2.23. The highest BCUT2D eigenvalue weighted by Gasteiger charge is 2.03. The van der Waals surface area contributed by atoms with Crippen LogP contribution in [0.4, 0.5) is 5.82 Å². The Kier molecular flexibility index (Phi) is 4.93. The van der Waals surface area contributed by atoms with E-state index in [0.717, 1.165) is 23.3 Å². The quantitative estimate of drug-likeness (QED) is 0.889. The van der Waals surface area contributed by atoms with E-state index < -0.39 is 0 Å². The molecule has 1 aromatic heterocycles. The molecule has 0 bridgehead atoms. The van der Waals surface area contributed by atoms with Gasteiger partial charge in [-0.2, -0.15) is 0 Å². The fourth-order valence-corrected chi connectivity index (χ4v) is 2.21. The number of pyridine rings is 1. The summed E-state index contributed by atoms with van der Waals surface area (Å²) in [7, 11) is 0. The summed E-state index contributed by atoms with van der Waals surface area (Å²) in [5.41, 5.74) is 9.23. The fourth-order valence-electron chi connectivity index (χ4n) is 1.84. The SMILES string of the molecule is Cc1ccnc(NCc2ccc(CCN)cc2)c1Br. The summed E-state index contributed by atoms with van der Waals surface area (Å²) in [5, 5.41) is 3.34. The third-order valence-corrected chi connectivity index (χ3v) is 4.00. The first-order valence-electron chi connectivity index (χ1n) is 6.33. The summed E-state index contributed by atoms with van der Waals surface area (Å²) in [6, 6.07) is 10.5. The molecular weight excluding hydrogens is 302 g/mol. The Morgan fingerprint density at radius 2 is 1.84 bits per heavy atom. The van der Waals surface area contributed by atoms with Crippen molar-refractivity contribution in [3.05, 3.63) is 57.7 Å². The molecule has 3 N–H and O–H groups in total. The Morgan fingerprint density at radius 1 is 1.16 bits per heavy atom. The second-order valence-electron chi connectivity index (χ2n) is 4.50. The van der Waals surface area contributed by atoms with Crippen LogP contribution < -0.4 is 11.1 Å². The number of aromatic nitrogens is 1. The van der Waals surface area contributed by atoms with Crippen LogP contribution in [0.5, 0.6) is 0 Å². The van der Waals surface area contributed by atoms with Gasteiger partial charge in [-0.15, -0.1) is 0 Å². The second-order valence-corrected chi connectivity index (χ2v) is 5.29. The third kappa shape index (κ3) is 3.78. The van der Waals surface area contributed by atoms with E-state index in [1.165, 1.54) is 16.7 Å². The van der Waals surface area contributed by atoms with Crippen LogP contribution in [-0.4, -0.2) is 11.5 Å². The fraction of sp³-hybridized carbons (Fsp3) is 0.267. The molecule has 0 aliphatic heterocycles. The Labute approximate surface area is 122 Å². The molecule has 1 heterocycles. The lowest BCUT2D eigenvalue weighted by Gasteiger charge is -2.09. The molecule has 0 saturated carbocycles. The van der Waals surface area contributed by atoms with Crippen molar-refractivity contribution in [1.29, 1.82) is 0 Å². The first-order chi connectivity index (χ1) is 9.20. The molecule has 0 aliphatic carbocycles. The Morgan fingerprint density at radius 3 is 2.53 bits per heavy atom. The van der Waals surface area contributed by atoms with Crippen LogP contribution in [0.25, 0.3) is 0 Å². The van der Waals surface area contributed by atoms with Crippen molar-refractivity contribution in [3.63, 3.8) is 0 Å².